The van der Waals surface area contributed by atoms with E-state index in [2.05, 4.69) is 32.6 Å². The summed E-state index contributed by atoms with van der Waals surface area (Å²) in [5, 5.41) is 0. The Bertz CT molecular complexity index is 286. The van der Waals surface area contributed by atoms with Crippen LogP contribution < -0.4 is 5.73 Å². The molecule has 2 N–H and O–H groups in total. The predicted octanol–water partition coefficient (Wildman–Crippen LogP) is 3.65. The van der Waals surface area contributed by atoms with Gasteiger partial charge in [0.1, 0.15) is 0 Å². The summed E-state index contributed by atoms with van der Waals surface area (Å²) >= 11 is 0. The Morgan fingerprint density at radius 2 is 1.79 bits per heavy atom. The molecule has 0 aromatic rings. The molecule has 0 radical (unpaired) electrons. The minimum absolute atomic E-state index is 0.103. The fourth-order valence-electron chi connectivity index (χ4n) is 4.25. The molecule has 2 fully saturated rings. The predicted molar refractivity (Wildman–Crippen MR) is 83.2 cm³/mol. The number of likely N-dealkylation sites (tertiary alicyclic amines) is 1. The van der Waals surface area contributed by atoms with Crippen LogP contribution in [-0.2, 0) is 0 Å². The minimum atomic E-state index is 0.103. The van der Waals surface area contributed by atoms with Gasteiger partial charge in [-0.3, -0.25) is 0 Å². The van der Waals surface area contributed by atoms with E-state index in [1.165, 1.54) is 51.6 Å². The highest BCUT2D eigenvalue weighted by Gasteiger charge is 2.35. The molecule has 2 atom stereocenters. The largest absolute Gasteiger partial charge is 0.324 e. The zero-order valence-electron chi connectivity index (χ0n) is 13.5. The summed E-state index contributed by atoms with van der Waals surface area (Å²) in [5.74, 6) is 1.72. The Hall–Kier alpha value is -0.0800. The van der Waals surface area contributed by atoms with E-state index < -0.39 is 0 Å². The van der Waals surface area contributed by atoms with E-state index in [0.717, 1.165) is 18.4 Å². The topological polar surface area (TPSA) is 29.3 Å². The summed E-state index contributed by atoms with van der Waals surface area (Å²) in [6, 6.07) is 0. The standard InChI is InChI=1S/C17H34N2/c1-14-6-5-9-17(18,12-14)13-19-10-7-15(8-11-19)16(2,3)4/h14-15H,5-13,18H2,1-4H3. The molecule has 2 heteroatoms. The van der Waals surface area contributed by atoms with Crippen LogP contribution in [0.2, 0.25) is 0 Å². The van der Waals surface area contributed by atoms with Crippen LogP contribution in [0.4, 0.5) is 0 Å². The number of rotatable bonds is 2. The fraction of sp³-hybridized carbons (Fsp3) is 1.00. The van der Waals surface area contributed by atoms with Crippen LogP contribution in [0, 0.1) is 17.3 Å². The molecular formula is C17H34N2. The van der Waals surface area contributed by atoms with Crippen molar-refractivity contribution in [3.05, 3.63) is 0 Å². The first-order valence-corrected chi connectivity index (χ1v) is 8.30. The van der Waals surface area contributed by atoms with Crippen LogP contribution in [0.5, 0.6) is 0 Å². The van der Waals surface area contributed by atoms with E-state index >= 15 is 0 Å². The van der Waals surface area contributed by atoms with E-state index in [1.807, 2.05) is 0 Å². The van der Waals surface area contributed by atoms with Gasteiger partial charge < -0.3 is 10.6 Å². The summed E-state index contributed by atoms with van der Waals surface area (Å²) < 4.78 is 0. The molecule has 112 valence electrons. The van der Waals surface area contributed by atoms with Gasteiger partial charge >= 0.3 is 0 Å². The second-order valence-electron chi connectivity index (χ2n) is 8.48. The summed E-state index contributed by atoms with van der Waals surface area (Å²) in [6.45, 7) is 13.2. The maximum Gasteiger partial charge on any atom is 0.0285 e. The monoisotopic (exact) mass is 266 g/mol. The zero-order chi connectivity index (χ0) is 14.1. The van der Waals surface area contributed by atoms with Crippen LogP contribution in [-0.4, -0.2) is 30.1 Å². The Balaban J connectivity index is 1.82. The molecule has 2 unspecified atom stereocenters. The quantitative estimate of drug-likeness (QED) is 0.826. The van der Waals surface area contributed by atoms with Gasteiger partial charge in [0, 0.05) is 12.1 Å². The van der Waals surface area contributed by atoms with Crippen LogP contribution in [0.25, 0.3) is 0 Å². The van der Waals surface area contributed by atoms with Crippen LogP contribution in [0.3, 0.4) is 0 Å². The van der Waals surface area contributed by atoms with Gasteiger partial charge in [0.25, 0.3) is 0 Å². The van der Waals surface area contributed by atoms with Crippen molar-refractivity contribution in [2.45, 2.75) is 71.8 Å². The molecule has 19 heavy (non-hydrogen) atoms. The number of hydrogen-bond acceptors (Lipinski definition) is 2. The van der Waals surface area contributed by atoms with Gasteiger partial charge in [0.15, 0.2) is 0 Å². The summed E-state index contributed by atoms with van der Waals surface area (Å²) in [5.41, 5.74) is 7.24. The first-order chi connectivity index (χ1) is 8.78. The Kier molecular flexibility index (Phi) is 4.62. The second-order valence-corrected chi connectivity index (χ2v) is 8.48. The Labute approximate surface area is 120 Å². The van der Waals surface area contributed by atoms with Crippen LogP contribution >= 0.6 is 0 Å². The maximum absolute atomic E-state index is 6.66. The third-order valence-electron chi connectivity index (χ3n) is 5.48. The molecule has 1 saturated carbocycles. The lowest BCUT2D eigenvalue weighted by atomic mass is 9.74. The minimum Gasteiger partial charge on any atom is -0.324 e. The molecule has 0 aromatic carbocycles. The Morgan fingerprint density at radius 3 is 2.32 bits per heavy atom. The van der Waals surface area contributed by atoms with E-state index in [-0.39, 0.29) is 5.54 Å². The third kappa shape index (κ3) is 4.19. The molecule has 0 spiro atoms. The van der Waals surface area contributed by atoms with E-state index in [9.17, 15) is 0 Å². The van der Waals surface area contributed by atoms with Gasteiger partial charge in [-0.2, -0.15) is 0 Å². The SMILES string of the molecule is CC1CCCC(N)(CN2CCC(C(C)(C)C)CC2)C1. The van der Waals surface area contributed by atoms with Crippen molar-refractivity contribution >= 4 is 0 Å². The lowest BCUT2D eigenvalue weighted by molar-refractivity contribution is 0.0806. The number of nitrogens with two attached hydrogens (primary N) is 1. The molecular weight excluding hydrogens is 232 g/mol. The molecule has 0 bridgehead atoms. The third-order valence-corrected chi connectivity index (χ3v) is 5.48. The van der Waals surface area contributed by atoms with Crippen molar-refractivity contribution in [2.24, 2.45) is 23.0 Å². The van der Waals surface area contributed by atoms with E-state index in [0.29, 0.717) is 5.41 Å². The van der Waals surface area contributed by atoms with Gasteiger partial charge in [-0.15, -0.1) is 0 Å². The first-order valence-electron chi connectivity index (χ1n) is 8.30. The molecule has 1 aliphatic heterocycles. The molecule has 2 rings (SSSR count). The van der Waals surface area contributed by atoms with E-state index in [4.69, 9.17) is 5.73 Å². The summed E-state index contributed by atoms with van der Waals surface area (Å²) in [4.78, 5) is 2.64. The first kappa shape index (κ1) is 15.3. The molecule has 0 amide bonds. The fourth-order valence-corrected chi connectivity index (χ4v) is 4.25. The van der Waals surface area contributed by atoms with Gasteiger partial charge in [-0.1, -0.05) is 40.5 Å². The highest BCUT2D eigenvalue weighted by atomic mass is 15.2. The smallest absolute Gasteiger partial charge is 0.0285 e. The number of nitrogens with zero attached hydrogens (tertiary/aromatic N) is 1. The molecule has 0 aromatic heterocycles. The lowest BCUT2D eigenvalue weighted by Crippen LogP contribution is -2.54. The van der Waals surface area contributed by atoms with Gasteiger partial charge in [-0.05, 0) is 56.0 Å². The highest BCUT2D eigenvalue weighted by Crippen LogP contribution is 2.36. The number of hydrogen-bond donors (Lipinski definition) is 1. The van der Waals surface area contributed by atoms with Gasteiger partial charge in [0.05, 0.1) is 0 Å². The molecule has 1 saturated heterocycles. The van der Waals surface area contributed by atoms with Crippen molar-refractivity contribution in [3.8, 4) is 0 Å². The van der Waals surface area contributed by atoms with Crippen molar-refractivity contribution in [2.75, 3.05) is 19.6 Å². The van der Waals surface area contributed by atoms with Gasteiger partial charge in [0.2, 0.25) is 0 Å². The maximum atomic E-state index is 6.66. The molecule has 2 aliphatic rings. The highest BCUT2D eigenvalue weighted by molar-refractivity contribution is 4.93. The number of piperidine rings is 1. The molecule has 1 aliphatic carbocycles. The normalized spacial score (nSPS) is 35.5. The lowest BCUT2D eigenvalue weighted by Gasteiger charge is -2.44. The zero-order valence-corrected chi connectivity index (χ0v) is 13.5. The average molecular weight is 266 g/mol. The van der Waals surface area contributed by atoms with E-state index in [1.54, 1.807) is 0 Å². The van der Waals surface area contributed by atoms with Crippen LogP contribution in [0.15, 0.2) is 0 Å². The average Bonchev–Trinajstić information content (AvgIpc) is 2.27. The molecule has 1 heterocycles. The van der Waals surface area contributed by atoms with Crippen molar-refractivity contribution in [3.63, 3.8) is 0 Å². The summed E-state index contributed by atoms with van der Waals surface area (Å²) in [7, 11) is 0. The van der Waals surface area contributed by atoms with Crippen molar-refractivity contribution in [1.29, 1.82) is 0 Å². The van der Waals surface area contributed by atoms with Crippen LogP contribution in [0.1, 0.15) is 66.2 Å². The van der Waals surface area contributed by atoms with Gasteiger partial charge in [-0.25, -0.2) is 0 Å². The second kappa shape index (κ2) is 5.73. The van der Waals surface area contributed by atoms with Crippen molar-refractivity contribution < 1.29 is 0 Å². The molecule has 2 nitrogen and oxygen atoms in total. The Morgan fingerprint density at radius 1 is 1.16 bits per heavy atom. The van der Waals surface area contributed by atoms with Crippen molar-refractivity contribution in [1.82, 2.24) is 4.90 Å². The summed E-state index contributed by atoms with van der Waals surface area (Å²) in [6.07, 6.45) is 7.88.